The number of hydrogen-bond acceptors (Lipinski definition) is 4. The van der Waals surface area contributed by atoms with Crippen molar-refractivity contribution >= 4 is 0 Å². The van der Waals surface area contributed by atoms with Gasteiger partial charge >= 0.3 is 0 Å². The Kier molecular flexibility index (Phi) is 7.77. The molecule has 0 aliphatic carbocycles. The lowest BCUT2D eigenvalue weighted by Crippen LogP contribution is -2.29. The van der Waals surface area contributed by atoms with Crippen molar-refractivity contribution in [1.82, 2.24) is 0 Å². The van der Waals surface area contributed by atoms with Gasteiger partial charge in [0.05, 0.1) is 13.2 Å². The Balaban J connectivity index is 1.92. The average molecular weight is 316 g/mol. The van der Waals surface area contributed by atoms with Crippen molar-refractivity contribution < 1.29 is 19.3 Å². The maximum Gasteiger partial charge on any atom is 0.148 e. The molecule has 0 saturated carbocycles. The summed E-state index contributed by atoms with van der Waals surface area (Å²) in [5.74, 6) is 0. The van der Waals surface area contributed by atoms with Gasteiger partial charge in [0.1, 0.15) is 19.0 Å². The van der Waals surface area contributed by atoms with E-state index in [0.717, 1.165) is 11.1 Å². The summed E-state index contributed by atoms with van der Waals surface area (Å²) >= 11 is 0. The van der Waals surface area contributed by atoms with Gasteiger partial charge in [0, 0.05) is 6.61 Å². The van der Waals surface area contributed by atoms with Crippen LogP contribution in [0.2, 0.25) is 0 Å². The summed E-state index contributed by atoms with van der Waals surface area (Å²) in [5.41, 5.74) is 2.05. The first-order valence-electron chi connectivity index (χ1n) is 7.85. The number of aliphatic hydroxyl groups is 1. The zero-order chi connectivity index (χ0) is 16.3. The smallest absolute Gasteiger partial charge is 0.148 e. The quantitative estimate of drug-likeness (QED) is 0.539. The standard InChI is InChI=1S/C19H24O4/c1-2-22-18(13-20)19(17-11-7-4-8-12-17)23-15-21-14-16-9-5-3-6-10-16/h3-12,18-20H,2,13-15H2,1H3/t18-,19+/m0/s1. The predicted octanol–water partition coefficient (Wildman–Crippen LogP) is 3.32. The molecule has 0 fully saturated rings. The van der Waals surface area contributed by atoms with Crippen molar-refractivity contribution in [3.8, 4) is 0 Å². The summed E-state index contributed by atoms with van der Waals surface area (Å²) < 4.78 is 17.0. The molecule has 0 saturated heterocycles. The Bertz CT molecular complexity index is 530. The molecule has 2 aromatic rings. The Hall–Kier alpha value is -1.72. The van der Waals surface area contributed by atoms with Crippen molar-refractivity contribution in [3.05, 3.63) is 71.8 Å². The van der Waals surface area contributed by atoms with E-state index in [1.807, 2.05) is 67.6 Å². The van der Waals surface area contributed by atoms with E-state index in [0.29, 0.717) is 13.2 Å². The highest BCUT2D eigenvalue weighted by Crippen LogP contribution is 2.23. The van der Waals surface area contributed by atoms with Gasteiger partial charge in [-0.2, -0.15) is 0 Å². The zero-order valence-electron chi connectivity index (χ0n) is 13.4. The zero-order valence-corrected chi connectivity index (χ0v) is 13.4. The molecule has 0 amide bonds. The molecule has 4 nitrogen and oxygen atoms in total. The highest BCUT2D eigenvalue weighted by molar-refractivity contribution is 5.19. The molecule has 0 aromatic heterocycles. The molecule has 2 rings (SSSR count). The van der Waals surface area contributed by atoms with Gasteiger partial charge in [-0.15, -0.1) is 0 Å². The fourth-order valence-corrected chi connectivity index (χ4v) is 2.37. The third-order valence-corrected chi connectivity index (χ3v) is 3.47. The van der Waals surface area contributed by atoms with Crippen LogP contribution in [0, 0.1) is 0 Å². The molecule has 124 valence electrons. The number of ether oxygens (including phenoxy) is 3. The SMILES string of the molecule is CCO[C@@H](CO)[C@H](OCOCc1ccccc1)c1ccccc1. The predicted molar refractivity (Wildman–Crippen MR) is 88.9 cm³/mol. The summed E-state index contributed by atoms with van der Waals surface area (Å²) in [6.45, 7) is 2.93. The van der Waals surface area contributed by atoms with Gasteiger partial charge in [-0.25, -0.2) is 0 Å². The third kappa shape index (κ3) is 5.77. The van der Waals surface area contributed by atoms with Gasteiger partial charge in [0.2, 0.25) is 0 Å². The molecule has 0 aliphatic rings. The van der Waals surface area contributed by atoms with Gasteiger partial charge in [-0.05, 0) is 18.1 Å². The van der Waals surface area contributed by atoms with E-state index < -0.39 is 6.10 Å². The maximum atomic E-state index is 9.58. The van der Waals surface area contributed by atoms with Crippen LogP contribution in [0.3, 0.4) is 0 Å². The van der Waals surface area contributed by atoms with Gasteiger partial charge in [0.25, 0.3) is 0 Å². The van der Waals surface area contributed by atoms with E-state index in [9.17, 15) is 5.11 Å². The fourth-order valence-electron chi connectivity index (χ4n) is 2.37. The summed E-state index contributed by atoms with van der Waals surface area (Å²) in [5, 5.41) is 9.58. The summed E-state index contributed by atoms with van der Waals surface area (Å²) in [4.78, 5) is 0. The van der Waals surface area contributed by atoms with Crippen molar-refractivity contribution in [2.75, 3.05) is 20.0 Å². The Morgan fingerprint density at radius 2 is 1.57 bits per heavy atom. The number of hydrogen-bond donors (Lipinski definition) is 1. The molecule has 0 aliphatic heterocycles. The largest absolute Gasteiger partial charge is 0.394 e. The molecule has 0 heterocycles. The van der Waals surface area contributed by atoms with E-state index in [2.05, 4.69) is 0 Å². The molecule has 2 atom stereocenters. The van der Waals surface area contributed by atoms with Crippen molar-refractivity contribution in [1.29, 1.82) is 0 Å². The third-order valence-electron chi connectivity index (χ3n) is 3.47. The van der Waals surface area contributed by atoms with Crippen molar-refractivity contribution in [2.24, 2.45) is 0 Å². The van der Waals surface area contributed by atoms with Crippen LogP contribution in [0.4, 0.5) is 0 Å². The molecule has 0 spiro atoms. The van der Waals surface area contributed by atoms with E-state index in [1.54, 1.807) is 0 Å². The molecule has 4 heteroatoms. The number of rotatable bonds is 10. The molecule has 2 aromatic carbocycles. The molecular formula is C19H24O4. The monoisotopic (exact) mass is 316 g/mol. The van der Waals surface area contributed by atoms with Crippen LogP contribution < -0.4 is 0 Å². The minimum Gasteiger partial charge on any atom is -0.394 e. The lowest BCUT2D eigenvalue weighted by molar-refractivity contribution is -0.151. The van der Waals surface area contributed by atoms with Crippen molar-refractivity contribution in [2.45, 2.75) is 25.7 Å². The molecule has 0 radical (unpaired) electrons. The summed E-state index contributed by atoms with van der Waals surface area (Å²) in [7, 11) is 0. The molecule has 0 bridgehead atoms. The molecule has 1 N–H and O–H groups in total. The second kappa shape index (κ2) is 10.1. The first-order valence-corrected chi connectivity index (χ1v) is 7.85. The van der Waals surface area contributed by atoms with Crippen LogP contribution in [0.15, 0.2) is 60.7 Å². The highest BCUT2D eigenvalue weighted by atomic mass is 16.7. The molecule has 23 heavy (non-hydrogen) atoms. The average Bonchev–Trinajstić information content (AvgIpc) is 2.62. The topological polar surface area (TPSA) is 47.9 Å². The molecular weight excluding hydrogens is 292 g/mol. The summed E-state index contributed by atoms with van der Waals surface area (Å²) in [6, 6.07) is 19.7. The minimum absolute atomic E-state index is 0.105. The molecule has 0 unspecified atom stereocenters. The lowest BCUT2D eigenvalue weighted by atomic mass is 10.0. The second-order valence-electron chi connectivity index (χ2n) is 5.13. The lowest BCUT2D eigenvalue weighted by Gasteiger charge is -2.26. The first kappa shape index (κ1) is 17.6. The Morgan fingerprint density at radius 3 is 2.17 bits per heavy atom. The van der Waals surface area contributed by atoms with Gasteiger partial charge in [0.15, 0.2) is 0 Å². The van der Waals surface area contributed by atoms with Crippen LogP contribution in [-0.2, 0) is 20.8 Å². The van der Waals surface area contributed by atoms with E-state index in [1.165, 1.54) is 0 Å². The van der Waals surface area contributed by atoms with Crippen LogP contribution in [0.1, 0.15) is 24.2 Å². The first-order chi connectivity index (χ1) is 11.3. The van der Waals surface area contributed by atoms with Gasteiger partial charge in [-0.1, -0.05) is 60.7 Å². The van der Waals surface area contributed by atoms with Crippen LogP contribution in [-0.4, -0.2) is 31.2 Å². The Labute approximate surface area is 137 Å². The summed E-state index contributed by atoms with van der Waals surface area (Å²) in [6.07, 6.45) is -0.778. The maximum absolute atomic E-state index is 9.58. The van der Waals surface area contributed by atoms with Crippen molar-refractivity contribution in [3.63, 3.8) is 0 Å². The normalized spacial score (nSPS) is 13.7. The van der Waals surface area contributed by atoms with Crippen LogP contribution in [0.25, 0.3) is 0 Å². The van der Waals surface area contributed by atoms with E-state index in [4.69, 9.17) is 14.2 Å². The van der Waals surface area contributed by atoms with Crippen LogP contribution >= 0.6 is 0 Å². The van der Waals surface area contributed by atoms with Gasteiger partial charge in [-0.3, -0.25) is 0 Å². The van der Waals surface area contributed by atoms with Crippen LogP contribution in [0.5, 0.6) is 0 Å². The van der Waals surface area contributed by atoms with Gasteiger partial charge < -0.3 is 19.3 Å². The second-order valence-corrected chi connectivity index (χ2v) is 5.13. The minimum atomic E-state index is -0.414. The van der Waals surface area contributed by atoms with E-state index in [-0.39, 0.29) is 19.5 Å². The van der Waals surface area contributed by atoms with E-state index >= 15 is 0 Å². The number of aliphatic hydroxyl groups excluding tert-OH is 1. The Morgan fingerprint density at radius 1 is 0.913 bits per heavy atom. The number of benzene rings is 2. The highest BCUT2D eigenvalue weighted by Gasteiger charge is 2.24. The fraction of sp³-hybridized carbons (Fsp3) is 0.368.